The van der Waals surface area contributed by atoms with E-state index >= 15 is 0 Å². The van der Waals surface area contributed by atoms with Gasteiger partial charge in [0.25, 0.3) is 0 Å². The fourth-order valence-electron chi connectivity index (χ4n) is 2.97. The van der Waals surface area contributed by atoms with E-state index in [1.54, 1.807) is 29.2 Å². The maximum absolute atomic E-state index is 13.6. The molecule has 0 saturated carbocycles. The van der Waals surface area contributed by atoms with Gasteiger partial charge in [0.1, 0.15) is 5.82 Å². The van der Waals surface area contributed by atoms with Gasteiger partial charge in [0, 0.05) is 38.4 Å². The molecule has 1 fully saturated rings. The maximum Gasteiger partial charge on any atom is 0.317 e. The second-order valence-electron chi connectivity index (χ2n) is 6.15. The van der Waals surface area contributed by atoms with Crippen LogP contribution in [0, 0.1) is 5.82 Å². The molecule has 0 spiro atoms. The van der Waals surface area contributed by atoms with Crippen LogP contribution in [0.25, 0.3) is 0 Å². The lowest BCUT2D eigenvalue weighted by molar-refractivity contribution is 0.194. The summed E-state index contributed by atoms with van der Waals surface area (Å²) >= 11 is 12.0. The van der Waals surface area contributed by atoms with Crippen molar-refractivity contribution < 1.29 is 9.18 Å². The SMILES string of the molecule is O=C(NCCc1ccccc1F)N1CCN(c2ccc(Cl)c(Cl)c2)CC1. The van der Waals surface area contributed by atoms with Crippen molar-refractivity contribution in [3.63, 3.8) is 0 Å². The molecule has 1 aliphatic heterocycles. The maximum atomic E-state index is 13.6. The van der Waals surface area contributed by atoms with E-state index in [4.69, 9.17) is 23.2 Å². The standard InChI is InChI=1S/C19H20Cl2FN3O/c20-16-6-5-15(13-17(16)21)24-9-11-25(12-10-24)19(26)23-8-7-14-3-1-2-4-18(14)22/h1-6,13H,7-12H2,(H,23,26). The van der Waals surface area contributed by atoms with Crippen LogP contribution < -0.4 is 10.2 Å². The second-order valence-corrected chi connectivity index (χ2v) is 6.96. The quantitative estimate of drug-likeness (QED) is 0.841. The molecule has 138 valence electrons. The molecule has 7 heteroatoms. The van der Waals surface area contributed by atoms with Crippen LogP contribution in [0.1, 0.15) is 5.56 Å². The van der Waals surface area contributed by atoms with Crippen molar-refractivity contribution in [3.8, 4) is 0 Å². The second kappa shape index (κ2) is 8.60. The van der Waals surface area contributed by atoms with Gasteiger partial charge in [-0.25, -0.2) is 9.18 Å². The van der Waals surface area contributed by atoms with Gasteiger partial charge in [0.15, 0.2) is 0 Å². The molecule has 0 bridgehead atoms. The fourth-order valence-corrected chi connectivity index (χ4v) is 3.26. The number of halogens is 3. The van der Waals surface area contributed by atoms with E-state index in [9.17, 15) is 9.18 Å². The number of rotatable bonds is 4. The zero-order valence-corrected chi connectivity index (χ0v) is 15.7. The molecule has 1 heterocycles. The summed E-state index contributed by atoms with van der Waals surface area (Å²) in [5.74, 6) is -0.239. The third-order valence-electron chi connectivity index (χ3n) is 4.46. The van der Waals surface area contributed by atoms with E-state index in [1.807, 2.05) is 12.1 Å². The monoisotopic (exact) mass is 395 g/mol. The number of nitrogens with one attached hydrogen (secondary N) is 1. The van der Waals surface area contributed by atoms with Gasteiger partial charge in [0.05, 0.1) is 10.0 Å². The Morgan fingerprint density at radius 1 is 1.04 bits per heavy atom. The molecule has 1 saturated heterocycles. The number of amides is 2. The highest BCUT2D eigenvalue weighted by Gasteiger charge is 2.21. The van der Waals surface area contributed by atoms with Crippen LogP contribution in [0.4, 0.5) is 14.9 Å². The third-order valence-corrected chi connectivity index (χ3v) is 5.20. The Morgan fingerprint density at radius 2 is 1.77 bits per heavy atom. The average molecular weight is 396 g/mol. The van der Waals surface area contributed by atoms with Crippen molar-refractivity contribution in [2.24, 2.45) is 0 Å². The van der Waals surface area contributed by atoms with Crippen LogP contribution in [-0.2, 0) is 6.42 Å². The Kier molecular flexibility index (Phi) is 6.22. The van der Waals surface area contributed by atoms with Crippen LogP contribution in [-0.4, -0.2) is 43.7 Å². The van der Waals surface area contributed by atoms with Crippen molar-refractivity contribution in [2.75, 3.05) is 37.6 Å². The minimum Gasteiger partial charge on any atom is -0.368 e. The summed E-state index contributed by atoms with van der Waals surface area (Å²) < 4.78 is 13.6. The molecule has 1 aliphatic rings. The van der Waals surface area contributed by atoms with Crippen LogP contribution in [0.5, 0.6) is 0 Å². The molecular weight excluding hydrogens is 376 g/mol. The normalized spacial score (nSPS) is 14.4. The van der Waals surface area contributed by atoms with Gasteiger partial charge in [-0.1, -0.05) is 41.4 Å². The molecule has 0 unspecified atom stereocenters. The molecule has 0 aromatic heterocycles. The van der Waals surface area contributed by atoms with Gasteiger partial charge < -0.3 is 15.1 Å². The van der Waals surface area contributed by atoms with Crippen molar-refractivity contribution in [1.29, 1.82) is 0 Å². The van der Waals surface area contributed by atoms with Crippen molar-refractivity contribution in [2.45, 2.75) is 6.42 Å². The molecule has 3 rings (SSSR count). The largest absolute Gasteiger partial charge is 0.368 e. The molecule has 1 N–H and O–H groups in total. The Labute approximate surface area is 162 Å². The zero-order chi connectivity index (χ0) is 18.5. The molecule has 26 heavy (non-hydrogen) atoms. The molecule has 4 nitrogen and oxygen atoms in total. The molecular formula is C19H20Cl2FN3O. The summed E-state index contributed by atoms with van der Waals surface area (Å²) in [6.07, 6.45) is 0.474. The molecule has 2 aromatic carbocycles. The Balaban J connectivity index is 1.46. The summed E-state index contributed by atoms with van der Waals surface area (Å²) in [6, 6.07) is 12.0. The van der Waals surface area contributed by atoms with Gasteiger partial charge in [-0.05, 0) is 36.2 Å². The van der Waals surface area contributed by atoms with E-state index in [-0.39, 0.29) is 11.8 Å². The van der Waals surface area contributed by atoms with Crippen LogP contribution in [0.3, 0.4) is 0 Å². The number of hydrogen-bond donors (Lipinski definition) is 1. The summed E-state index contributed by atoms with van der Waals surface area (Å²) in [7, 11) is 0. The first kappa shape index (κ1) is 18.8. The van der Waals surface area contributed by atoms with E-state index in [0.717, 1.165) is 18.8 Å². The minimum atomic E-state index is -0.239. The lowest BCUT2D eigenvalue weighted by atomic mass is 10.1. The number of benzene rings is 2. The fraction of sp³-hybridized carbons (Fsp3) is 0.316. The van der Waals surface area contributed by atoms with E-state index in [0.29, 0.717) is 41.7 Å². The van der Waals surface area contributed by atoms with Gasteiger partial charge in [-0.2, -0.15) is 0 Å². The number of piperazine rings is 1. The first-order valence-electron chi connectivity index (χ1n) is 8.51. The molecule has 2 amide bonds. The van der Waals surface area contributed by atoms with Crippen molar-refractivity contribution >= 4 is 34.9 Å². The molecule has 0 radical (unpaired) electrons. The minimum absolute atomic E-state index is 0.116. The topological polar surface area (TPSA) is 35.6 Å². The number of anilines is 1. The Morgan fingerprint density at radius 3 is 2.46 bits per heavy atom. The number of nitrogens with zero attached hydrogens (tertiary/aromatic N) is 2. The van der Waals surface area contributed by atoms with Crippen molar-refractivity contribution in [3.05, 3.63) is 63.9 Å². The molecule has 2 aromatic rings. The lowest BCUT2D eigenvalue weighted by Crippen LogP contribution is -2.52. The first-order valence-corrected chi connectivity index (χ1v) is 9.26. The molecule has 0 atom stereocenters. The first-order chi connectivity index (χ1) is 12.5. The predicted octanol–water partition coefficient (Wildman–Crippen LogP) is 4.21. The summed E-state index contributed by atoms with van der Waals surface area (Å²) in [6.45, 7) is 3.09. The Bertz CT molecular complexity index is 779. The van der Waals surface area contributed by atoms with Crippen LogP contribution in [0.15, 0.2) is 42.5 Å². The number of urea groups is 1. The smallest absolute Gasteiger partial charge is 0.317 e. The van der Waals surface area contributed by atoms with Gasteiger partial charge in [-0.15, -0.1) is 0 Å². The number of carbonyl (C=O) groups is 1. The van der Waals surface area contributed by atoms with Crippen LogP contribution >= 0.6 is 23.2 Å². The van der Waals surface area contributed by atoms with Crippen molar-refractivity contribution in [1.82, 2.24) is 10.2 Å². The number of hydrogen-bond acceptors (Lipinski definition) is 2. The molecule has 0 aliphatic carbocycles. The summed E-state index contributed by atoms with van der Waals surface area (Å²) in [5, 5.41) is 3.92. The van der Waals surface area contributed by atoms with Crippen LogP contribution in [0.2, 0.25) is 10.0 Å². The highest BCUT2D eigenvalue weighted by Crippen LogP contribution is 2.27. The van der Waals surface area contributed by atoms with E-state index < -0.39 is 0 Å². The highest BCUT2D eigenvalue weighted by molar-refractivity contribution is 6.42. The lowest BCUT2D eigenvalue weighted by Gasteiger charge is -2.36. The van der Waals surface area contributed by atoms with Gasteiger partial charge >= 0.3 is 6.03 Å². The average Bonchev–Trinajstić information content (AvgIpc) is 2.65. The van der Waals surface area contributed by atoms with E-state index in [1.165, 1.54) is 6.07 Å². The Hall–Kier alpha value is -1.98. The summed E-state index contributed by atoms with van der Waals surface area (Å²) in [5.41, 5.74) is 1.61. The zero-order valence-electron chi connectivity index (χ0n) is 14.2. The summed E-state index contributed by atoms with van der Waals surface area (Å²) in [4.78, 5) is 16.2. The van der Waals surface area contributed by atoms with Gasteiger partial charge in [0.2, 0.25) is 0 Å². The highest BCUT2D eigenvalue weighted by atomic mass is 35.5. The number of carbonyl (C=O) groups excluding carboxylic acids is 1. The third kappa shape index (κ3) is 4.59. The predicted molar refractivity (Wildman–Crippen MR) is 104 cm³/mol. The van der Waals surface area contributed by atoms with E-state index in [2.05, 4.69) is 10.2 Å². The van der Waals surface area contributed by atoms with Gasteiger partial charge in [-0.3, -0.25) is 0 Å².